The van der Waals surface area contributed by atoms with E-state index in [9.17, 15) is 0 Å². The zero-order chi connectivity index (χ0) is 11.5. The van der Waals surface area contributed by atoms with Gasteiger partial charge in [0.1, 0.15) is 5.70 Å². The zero-order valence-corrected chi connectivity index (χ0v) is 9.98. The molecule has 2 aliphatic rings. The van der Waals surface area contributed by atoms with Gasteiger partial charge in [-0.25, -0.2) is 4.99 Å². The van der Waals surface area contributed by atoms with E-state index in [-0.39, 0.29) is 6.61 Å². The summed E-state index contributed by atoms with van der Waals surface area (Å²) in [6.07, 6.45) is 2.71. The predicted molar refractivity (Wildman–Crippen MR) is 64.5 cm³/mol. The molecule has 0 amide bonds. The number of amidine groups is 2. The lowest BCUT2D eigenvalue weighted by molar-refractivity contribution is 0.212. The normalized spacial score (nSPS) is 19.3. The van der Waals surface area contributed by atoms with Crippen LogP contribution in [0, 0.1) is 0 Å². The van der Waals surface area contributed by atoms with Crippen LogP contribution in [0.15, 0.2) is 21.9 Å². The van der Waals surface area contributed by atoms with Crippen molar-refractivity contribution in [2.75, 3.05) is 26.4 Å². The first-order valence-corrected chi connectivity index (χ1v) is 5.77. The van der Waals surface area contributed by atoms with Crippen LogP contribution in [0.3, 0.4) is 0 Å². The second kappa shape index (κ2) is 4.84. The summed E-state index contributed by atoms with van der Waals surface area (Å²) < 4.78 is 0. The molecular formula is C10H15ClN4O. The van der Waals surface area contributed by atoms with Crippen LogP contribution >= 0.6 is 11.6 Å². The van der Waals surface area contributed by atoms with E-state index >= 15 is 0 Å². The molecule has 0 bridgehead atoms. The van der Waals surface area contributed by atoms with Crippen molar-refractivity contribution >= 4 is 22.7 Å². The van der Waals surface area contributed by atoms with Gasteiger partial charge in [-0.15, -0.1) is 0 Å². The van der Waals surface area contributed by atoms with Crippen molar-refractivity contribution in [3.8, 4) is 0 Å². The van der Waals surface area contributed by atoms with Gasteiger partial charge in [-0.1, -0.05) is 0 Å². The third-order valence-electron chi connectivity index (χ3n) is 2.58. The molecule has 2 rings (SSSR count). The number of hydrogen-bond acceptors (Lipinski definition) is 5. The minimum atomic E-state index is 0.205. The van der Waals surface area contributed by atoms with Gasteiger partial charge in [0, 0.05) is 25.9 Å². The molecular weight excluding hydrogens is 228 g/mol. The van der Waals surface area contributed by atoms with Gasteiger partial charge in [0.15, 0.2) is 5.84 Å². The molecule has 2 heterocycles. The molecule has 5 nitrogen and oxygen atoms in total. The van der Waals surface area contributed by atoms with Crippen molar-refractivity contribution in [3.63, 3.8) is 0 Å². The Bertz CT molecular complexity index is 364. The predicted octanol–water partition coefficient (Wildman–Crippen LogP) is 0.812. The maximum atomic E-state index is 8.82. The van der Waals surface area contributed by atoms with Gasteiger partial charge in [-0.3, -0.25) is 0 Å². The number of fused-ring (bicyclic) bond motifs is 1. The number of hydrogen-bond donors (Lipinski definition) is 1. The van der Waals surface area contributed by atoms with E-state index in [0.29, 0.717) is 5.29 Å². The summed E-state index contributed by atoms with van der Waals surface area (Å²) in [5.41, 5.74) is 0.816. The SMILES string of the molecule is CCN1CN(CCCO)C=C2N=C(Cl)N=C21. The fourth-order valence-corrected chi connectivity index (χ4v) is 1.97. The lowest BCUT2D eigenvalue weighted by atomic mass is 10.3. The monoisotopic (exact) mass is 242 g/mol. The maximum absolute atomic E-state index is 8.82. The van der Waals surface area contributed by atoms with Gasteiger partial charge in [-0.2, -0.15) is 4.99 Å². The molecule has 0 aromatic carbocycles. The molecule has 0 aromatic rings. The van der Waals surface area contributed by atoms with E-state index < -0.39 is 0 Å². The molecule has 0 atom stereocenters. The standard InChI is InChI=1S/C10H15ClN4O/c1-2-15-7-14(4-3-5-16)6-8-9(15)13-10(11)12-8/h6,16H,2-5,7H2,1H3. The Kier molecular flexibility index (Phi) is 3.46. The largest absolute Gasteiger partial charge is 0.396 e. The van der Waals surface area contributed by atoms with Crippen molar-refractivity contribution in [2.24, 2.45) is 9.98 Å². The van der Waals surface area contributed by atoms with Crippen molar-refractivity contribution in [2.45, 2.75) is 13.3 Å². The Hall–Kier alpha value is -1.07. The summed E-state index contributed by atoms with van der Waals surface area (Å²) >= 11 is 5.80. The van der Waals surface area contributed by atoms with Gasteiger partial charge >= 0.3 is 0 Å². The molecule has 0 aliphatic carbocycles. The van der Waals surface area contributed by atoms with Crippen molar-refractivity contribution in [1.82, 2.24) is 9.80 Å². The average Bonchev–Trinajstić information content (AvgIpc) is 2.65. The van der Waals surface area contributed by atoms with Crippen LogP contribution in [0.5, 0.6) is 0 Å². The molecule has 2 aliphatic heterocycles. The summed E-state index contributed by atoms with van der Waals surface area (Å²) in [4.78, 5) is 12.6. The number of aliphatic hydroxyl groups is 1. The Morgan fingerprint density at radius 1 is 1.50 bits per heavy atom. The molecule has 6 heteroatoms. The van der Waals surface area contributed by atoms with E-state index in [4.69, 9.17) is 16.7 Å². The maximum Gasteiger partial charge on any atom is 0.225 e. The average molecular weight is 243 g/mol. The Balaban J connectivity index is 2.14. The van der Waals surface area contributed by atoms with Crippen LogP contribution in [0.1, 0.15) is 13.3 Å². The molecule has 0 saturated carbocycles. The number of nitrogens with zero attached hydrogens (tertiary/aromatic N) is 4. The van der Waals surface area contributed by atoms with E-state index in [2.05, 4.69) is 26.7 Å². The first-order valence-electron chi connectivity index (χ1n) is 5.39. The summed E-state index contributed by atoms with van der Waals surface area (Å²) in [7, 11) is 0. The highest BCUT2D eigenvalue weighted by atomic mass is 35.5. The summed E-state index contributed by atoms with van der Waals surface area (Å²) in [6.45, 7) is 4.74. The van der Waals surface area contributed by atoms with Gasteiger partial charge in [-0.05, 0) is 24.9 Å². The third kappa shape index (κ3) is 2.20. The lowest BCUT2D eigenvalue weighted by Gasteiger charge is -2.34. The number of rotatable bonds is 4. The quantitative estimate of drug-likeness (QED) is 0.743. The lowest BCUT2D eigenvalue weighted by Crippen LogP contribution is -2.43. The number of aliphatic hydroxyl groups excluding tert-OH is 1. The van der Waals surface area contributed by atoms with E-state index in [1.54, 1.807) is 0 Å². The van der Waals surface area contributed by atoms with Crippen LogP contribution in [0.2, 0.25) is 0 Å². The second-order valence-corrected chi connectivity index (χ2v) is 4.06. The number of aliphatic imine (C=N–C) groups is 2. The van der Waals surface area contributed by atoms with E-state index in [1.165, 1.54) is 0 Å². The topological polar surface area (TPSA) is 51.4 Å². The minimum Gasteiger partial charge on any atom is -0.396 e. The molecule has 0 saturated heterocycles. The fourth-order valence-electron chi connectivity index (χ4n) is 1.80. The number of halogens is 1. The Morgan fingerprint density at radius 2 is 2.31 bits per heavy atom. The first-order chi connectivity index (χ1) is 7.74. The molecule has 0 fully saturated rings. The number of likely N-dealkylation sites (N-methyl/N-ethyl adjacent to an activating group) is 1. The van der Waals surface area contributed by atoms with E-state index in [0.717, 1.165) is 37.7 Å². The van der Waals surface area contributed by atoms with Crippen LogP contribution < -0.4 is 0 Å². The highest BCUT2D eigenvalue weighted by Crippen LogP contribution is 2.21. The molecule has 88 valence electrons. The third-order valence-corrected chi connectivity index (χ3v) is 2.75. The molecule has 0 aromatic heterocycles. The van der Waals surface area contributed by atoms with Crippen LogP contribution in [-0.2, 0) is 0 Å². The molecule has 0 unspecified atom stereocenters. The first kappa shape index (κ1) is 11.4. The van der Waals surface area contributed by atoms with Crippen molar-refractivity contribution in [1.29, 1.82) is 0 Å². The Morgan fingerprint density at radius 3 is 3.00 bits per heavy atom. The summed E-state index contributed by atoms with van der Waals surface area (Å²) in [5, 5.41) is 9.11. The minimum absolute atomic E-state index is 0.205. The Labute approximate surface area is 99.7 Å². The molecule has 16 heavy (non-hydrogen) atoms. The highest BCUT2D eigenvalue weighted by Gasteiger charge is 2.26. The second-order valence-electron chi connectivity index (χ2n) is 3.72. The molecule has 0 radical (unpaired) electrons. The smallest absolute Gasteiger partial charge is 0.225 e. The van der Waals surface area contributed by atoms with Gasteiger partial charge < -0.3 is 14.9 Å². The highest BCUT2D eigenvalue weighted by molar-refractivity contribution is 6.66. The molecule has 1 N–H and O–H groups in total. The van der Waals surface area contributed by atoms with Gasteiger partial charge in [0.25, 0.3) is 0 Å². The summed E-state index contributed by atoms with van der Waals surface area (Å²) in [5.74, 6) is 0.854. The fraction of sp³-hybridized carbons (Fsp3) is 0.600. The van der Waals surface area contributed by atoms with Crippen LogP contribution in [-0.4, -0.2) is 52.4 Å². The summed E-state index contributed by atoms with van der Waals surface area (Å²) in [6, 6.07) is 0. The van der Waals surface area contributed by atoms with Crippen LogP contribution in [0.4, 0.5) is 0 Å². The van der Waals surface area contributed by atoms with Gasteiger partial charge in [0.05, 0.1) is 6.67 Å². The van der Waals surface area contributed by atoms with Crippen molar-refractivity contribution < 1.29 is 5.11 Å². The molecule has 0 spiro atoms. The van der Waals surface area contributed by atoms with Gasteiger partial charge in [0.2, 0.25) is 5.29 Å². The van der Waals surface area contributed by atoms with E-state index in [1.807, 2.05) is 6.20 Å². The zero-order valence-electron chi connectivity index (χ0n) is 9.23. The van der Waals surface area contributed by atoms with Crippen LogP contribution in [0.25, 0.3) is 0 Å². The van der Waals surface area contributed by atoms with Crippen molar-refractivity contribution in [3.05, 3.63) is 11.9 Å².